The minimum atomic E-state index is 0.0310. The third-order valence-electron chi connectivity index (χ3n) is 5.41. The fraction of sp³-hybridized carbons (Fsp3) is 0.632. The Balaban J connectivity index is 1.54. The SMILES string of the molecule is O=C(OCc1ccccc1)C1CCCC2(CCCCC2)C1. The van der Waals surface area contributed by atoms with Crippen LogP contribution in [0.15, 0.2) is 30.3 Å². The number of carbonyl (C=O) groups excluding carboxylic acids is 1. The highest BCUT2D eigenvalue weighted by molar-refractivity contribution is 5.72. The van der Waals surface area contributed by atoms with E-state index in [2.05, 4.69) is 0 Å². The Morgan fingerprint density at radius 1 is 1.05 bits per heavy atom. The lowest BCUT2D eigenvalue weighted by Gasteiger charge is -2.43. The lowest BCUT2D eigenvalue weighted by Crippen LogP contribution is -2.34. The first kappa shape index (κ1) is 14.6. The standard InChI is InChI=1S/C19H26O2/c20-18(21-15-16-8-3-1-4-9-16)17-10-7-13-19(14-17)11-5-2-6-12-19/h1,3-4,8-9,17H,2,5-7,10-15H2. The second kappa shape index (κ2) is 6.64. The van der Waals surface area contributed by atoms with E-state index in [1.807, 2.05) is 30.3 Å². The molecule has 2 heteroatoms. The third kappa shape index (κ3) is 3.66. The van der Waals surface area contributed by atoms with E-state index in [1.54, 1.807) is 0 Å². The number of esters is 1. The minimum absolute atomic E-state index is 0.0310. The lowest BCUT2D eigenvalue weighted by molar-refractivity contribution is -0.153. The number of benzene rings is 1. The monoisotopic (exact) mass is 286 g/mol. The third-order valence-corrected chi connectivity index (χ3v) is 5.41. The summed E-state index contributed by atoms with van der Waals surface area (Å²) in [6.07, 6.45) is 11.4. The summed E-state index contributed by atoms with van der Waals surface area (Å²) in [5, 5.41) is 0. The Kier molecular flexibility index (Phi) is 4.62. The highest BCUT2D eigenvalue weighted by Crippen LogP contribution is 2.49. The first-order chi connectivity index (χ1) is 10.3. The summed E-state index contributed by atoms with van der Waals surface area (Å²) in [7, 11) is 0. The van der Waals surface area contributed by atoms with Crippen LogP contribution in [0.2, 0.25) is 0 Å². The molecule has 1 aromatic carbocycles. The molecule has 1 aromatic rings. The Hall–Kier alpha value is -1.31. The minimum Gasteiger partial charge on any atom is -0.461 e. The van der Waals surface area contributed by atoms with Crippen LogP contribution in [0.3, 0.4) is 0 Å². The molecule has 2 saturated carbocycles. The number of ether oxygens (including phenoxy) is 1. The first-order valence-corrected chi connectivity index (χ1v) is 8.48. The summed E-state index contributed by atoms with van der Waals surface area (Å²) in [5.41, 5.74) is 1.54. The Bertz CT molecular complexity index is 454. The fourth-order valence-corrected chi connectivity index (χ4v) is 4.25. The summed E-state index contributed by atoms with van der Waals surface area (Å²) >= 11 is 0. The number of hydrogen-bond donors (Lipinski definition) is 0. The summed E-state index contributed by atoms with van der Waals surface area (Å²) in [6.45, 7) is 0.420. The van der Waals surface area contributed by atoms with Gasteiger partial charge in [0.05, 0.1) is 5.92 Å². The van der Waals surface area contributed by atoms with Crippen LogP contribution in [0.1, 0.15) is 63.4 Å². The topological polar surface area (TPSA) is 26.3 Å². The lowest BCUT2D eigenvalue weighted by atomic mass is 9.62. The predicted octanol–water partition coefficient (Wildman–Crippen LogP) is 4.87. The van der Waals surface area contributed by atoms with Gasteiger partial charge in [0.1, 0.15) is 6.61 Å². The Morgan fingerprint density at radius 2 is 1.76 bits per heavy atom. The Labute approximate surface area is 127 Å². The van der Waals surface area contributed by atoms with Gasteiger partial charge >= 0.3 is 5.97 Å². The normalized spacial score (nSPS) is 24.7. The zero-order valence-electron chi connectivity index (χ0n) is 12.9. The van der Waals surface area contributed by atoms with Crippen LogP contribution in [0.5, 0.6) is 0 Å². The first-order valence-electron chi connectivity index (χ1n) is 8.48. The second-order valence-corrected chi connectivity index (χ2v) is 6.95. The van der Waals surface area contributed by atoms with Crippen molar-refractivity contribution in [3.8, 4) is 0 Å². The smallest absolute Gasteiger partial charge is 0.309 e. The molecule has 0 amide bonds. The van der Waals surface area contributed by atoms with Crippen LogP contribution in [0.4, 0.5) is 0 Å². The van der Waals surface area contributed by atoms with Crippen molar-refractivity contribution in [1.29, 1.82) is 0 Å². The van der Waals surface area contributed by atoms with Crippen molar-refractivity contribution in [2.24, 2.45) is 11.3 Å². The fourth-order valence-electron chi connectivity index (χ4n) is 4.25. The molecule has 114 valence electrons. The molecule has 0 radical (unpaired) electrons. The van der Waals surface area contributed by atoms with Gasteiger partial charge in [0.25, 0.3) is 0 Å². The molecule has 2 fully saturated rings. The quantitative estimate of drug-likeness (QED) is 0.741. The average Bonchev–Trinajstić information content (AvgIpc) is 2.54. The van der Waals surface area contributed by atoms with Crippen molar-refractivity contribution < 1.29 is 9.53 Å². The molecule has 0 aromatic heterocycles. The molecule has 0 N–H and O–H groups in total. The molecule has 0 saturated heterocycles. The summed E-state index contributed by atoms with van der Waals surface area (Å²) in [5.74, 6) is 0.170. The van der Waals surface area contributed by atoms with Gasteiger partial charge in [-0.2, -0.15) is 0 Å². The number of carbonyl (C=O) groups is 1. The van der Waals surface area contributed by atoms with Gasteiger partial charge in [-0.1, -0.05) is 56.0 Å². The largest absolute Gasteiger partial charge is 0.461 e. The molecule has 1 atom stereocenters. The molecule has 21 heavy (non-hydrogen) atoms. The van der Waals surface area contributed by atoms with E-state index < -0.39 is 0 Å². The maximum absolute atomic E-state index is 12.4. The molecule has 0 bridgehead atoms. The average molecular weight is 286 g/mol. The van der Waals surface area contributed by atoms with Crippen molar-refractivity contribution in [3.05, 3.63) is 35.9 Å². The van der Waals surface area contributed by atoms with Crippen LogP contribution in [-0.4, -0.2) is 5.97 Å². The van der Waals surface area contributed by atoms with Crippen LogP contribution in [0.25, 0.3) is 0 Å². The van der Waals surface area contributed by atoms with Gasteiger partial charge in [-0.05, 0) is 43.1 Å². The van der Waals surface area contributed by atoms with E-state index in [1.165, 1.54) is 44.9 Å². The van der Waals surface area contributed by atoms with E-state index >= 15 is 0 Å². The van der Waals surface area contributed by atoms with Crippen LogP contribution in [-0.2, 0) is 16.1 Å². The molecule has 1 unspecified atom stereocenters. The molecule has 0 heterocycles. The molecule has 0 aliphatic heterocycles. The van der Waals surface area contributed by atoms with E-state index in [-0.39, 0.29) is 11.9 Å². The number of hydrogen-bond acceptors (Lipinski definition) is 2. The van der Waals surface area contributed by atoms with Crippen molar-refractivity contribution in [2.75, 3.05) is 0 Å². The number of rotatable bonds is 3. The molecule has 2 aliphatic rings. The van der Waals surface area contributed by atoms with Crippen LogP contribution in [0, 0.1) is 11.3 Å². The van der Waals surface area contributed by atoms with Gasteiger partial charge in [0.2, 0.25) is 0 Å². The summed E-state index contributed by atoms with van der Waals surface area (Å²) < 4.78 is 5.56. The van der Waals surface area contributed by atoms with E-state index in [0.717, 1.165) is 18.4 Å². The Morgan fingerprint density at radius 3 is 2.52 bits per heavy atom. The van der Waals surface area contributed by atoms with Crippen molar-refractivity contribution in [1.82, 2.24) is 0 Å². The predicted molar refractivity (Wildman–Crippen MR) is 83.7 cm³/mol. The summed E-state index contributed by atoms with van der Waals surface area (Å²) in [6, 6.07) is 9.98. The highest BCUT2D eigenvalue weighted by Gasteiger charge is 2.39. The zero-order chi connectivity index (χ0) is 14.5. The van der Waals surface area contributed by atoms with Gasteiger partial charge in [0, 0.05) is 0 Å². The molecule has 3 rings (SSSR count). The maximum Gasteiger partial charge on any atom is 0.309 e. The zero-order valence-corrected chi connectivity index (χ0v) is 12.9. The van der Waals surface area contributed by atoms with Crippen molar-refractivity contribution in [3.63, 3.8) is 0 Å². The van der Waals surface area contributed by atoms with Crippen LogP contribution >= 0.6 is 0 Å². The highest BCUT2D eigenvalue weighted by atomic mass is 16.5. The maximum atomic E-state index is 12.4. The van der Waals surface area contributed by atoms with Gasteiger partial charge in [-0.15, -0.1) is 0 Å². The second-order valence-electron chi connectivity index (χ2n) is 6.95. The van der Waals surface area contributed by atoms with Crippen molar-refractivity contribution in [2.45, 2.75) is 64.4 Å². The van der Waals surface area contributed by atoms with Gasteiger partial charge in [-0.3, -0.25) is 4.79 Å². The molecule has 2 aliphatic carbocycles. The summed E-state index contributed by atoms with van der Waals surface area (Å²) in [4.78, 5) is 12.4. The van der Waals surface area contributed by atoms with Gasteiger partial charge in [-0.25, -0.2) is 0 Å². The van der Waals surface area contributed by atoms with E-state index in [0.29, 0.717) is 12.0 Å². The van der Waals surface area contributed by atoms with Crippen LogP contribution < -0.4 is 0 Å². The van der Waals surface area contributed by atoms with E-state index in [4.69, 9.17) is 4.74 Å². The molecular weight excluding hydrogens is 260 g/mol. The molecule has 2 nitrogen and oxygen atoms in total. The van der Waals surface area contributed by atoms with E-state index in [9.17, 15) is 4.79 Å². The van der Waals surface area contributed by atoms with Crippen molar-refractivity contribution >= 4 is 5.97 Å². The van der Waals surface area contributed by atoms with Gasteiger partial charge in [0.15, 0.2) is 0 Å². The molecule has 1 spiro atoms. The molecular formula is C19H26O2. The van der Waals surface area contributed by atoms with Gasteiger partial charge < -0.3 is 4.74 Å².